The normalized spacial score (nSPS) is 21.8. The average molecular weight is 339 g/mol. The van der Waals surface area contributed by atoms with Crippen LogP contribution < -0.4 is 4.74 Å². The number of methoxy groups -OCH3 is 1. The van der Waals surface area contributed by atoms with Crippen molar-refractivity contribution >= 4 is 21.7 Å². The third-order valence-corrected chi connectivity index (χ3v) is 5.31. The molecule has 1 aliphatic rings. The molecule has 1 unspecified atom stereocenters. The fourth-order valence-electron chi connectivity index (χ4n) is 3.22. The lowest BCUT2D eigenvalue weighted by atomic mass is 9.66. The number of halogens is 1. The van der Waals surface area contributed by atoms with Crippen molar-refractivity contribution in [2.45, 2.75) is 46.0 Å². The third-order valence-electron chi connectivity index (χ3n) is 4.53. The fourth-order valence-corrected chi connectivity index (χ4v) is 3.67. The first-order chi connectivity index (χ1) is 9.44. The zero-order valence-corrected chi connectivity index (χ0v) is 14.1. The van der Waals surface area contributed by atoms with E-state index in [1.165, 1.54) is 5.56 Å². The van der Waals surface area contributed by atoms with Gasteiger partial charge in [-0.1, -0.05) is 29.8 Å². The molecule has 0 N–H and O–H groups in total. The van der Waals surface area contributed by atoms with Crippen LogP contribution in [0.1, 0.15) is 45.1 Å². The van der Waals surface area contributed by atoms with Gasteiger partial charge in [-0.15, -0.1) is 0 Å². The Kier molecular flexibility index (Phi) is 4.90. The van der Waals surface area contributed by atoms with Crippen LogP contribution in [-0.4, -0.2) is 12.9 Å². The molecule has 0 spiro atoms. The molecule has 20 heavy (non-hydrogen) atoms. The van der Waals surface area contributed by atoms with Crippen LogP contribution in [-0.2, 0) is 11.2 Å². The maximum atomic E-state index is 12.2. The van der Waals surface area contributed by atoms with E-state index in [9.17, 15) is 4.79 Å². The summed E-state index contributed by atoms with van der Waals surface area (Å²) in [5.41, 5.74) is 1.36. The van der Waals surface area contributed by atoms with Gasteiger partial charge < -0.3 is 4.74 Å². The molecule has 0 heterocycles. The molecule has 1 aliphatic carbocycles. The minimum atomic E-state index is 0.140. The molecular formula is C17H23BrO2. The van der Waals surface area contributed by atoms with Crippen LogP contribution >= 0.6 is 15.9 Å². The molecule has 0 amide bonds. The minimum absolute atomic E-state index is 0.140. The number of carbonyl (C=O) groups excluding carboxylic acids is 1. The number of hydrogen-bond acceptors (Lipinski definition) is 2. The molecule has 110 valence electrons. The highest BCUT2D eigenvalue weighted by Gasteiger charge is 2.37. The zero-order chi connectivity index (χ0) is 14.8. The first kappa shape index (κ1) is 15.6. The summed E-state index contributed by atoms with van der Waals surface area (Å²) in [6.07, 6.45) is 4.80. The molecule has 2 rings (SSSR count). The molecule has 1 saturated carbocycles. The molecule has 2 nitrogen and oxygen atoms in total. The highest BCUT2D eigenvalue weighted by atomic mass is 79.9. The van der Waals surface area contributed by atoms with Crippen LogP contribution in [0.25, 0.3) is 0 Å². The Morgan fingerprint density at radius 3 is 2.80 bits per heavy atom. The van der Waals surface area contributed by atoms with Gasteiger partial charge in [-0.05, 0) is 54.9 Å². The monoisotopic (exact) mass is 338 g/mol. The molecule has 0 aromatic heterocycles. The number of benzene rings is 1. The van der Waals surface area contributed by atoms with E-state index in [1.807, 2.05) is 12.1 Å². The maximum absolute atomic E-state index is 12.2. The molecule has 0 aliphatic heterocycles. The molecular weight excluding hydrogens is 316 g/mol. The van der Waals surface area contributed by atoms with Crippen molar-refractivity contribution in [3.05, 3.63) is 28.2 Å². The summed E-state index contributed by atoms with van der Waals surface area (Å²) in [4.78, 5) is 12.2. The van der Waals surface area contributed by atoms with Crippen molar-refractivity contribution in [3.63, 3.8) is 0 Å². The Labute approximate surface area is 130 Å². The highest BCUT2D eigenvalue weighted by molar-refractivity contribution is 9.10. The standard InChI is InChI=1S/C17H23BrO2/c1-17(2)10-4-5-16(19)14(17)8-6-12-11-13(20-3)7-9-15(12)18/h7,9,11,14H,4-6,8,10H2,1-3H3. The molecule has 0 saturated heterocycles. The van der Waals surface area contributed by atoms with Crippen LogP contribution in [0, 0.1) is 11.3 Å². The van der Waals surface area contributed by atoms with Crippen molar-refractivity contribution in [1.82, 2.24) is 0 Å². The molecule has 0 radical (unpaired) electrons. The second-order valence-corrected chi connectivity index (χ2v) is 7.21. The predicted octanol–water partition coefficient (Wildman–Crippen LogP) is 4.79. The van der Waals surface area contributed by atoms with Gasteiger partial charge in [0, 0.05) is 16.8 Å². The van der Waals surface area contributed by atoms with Gasteiger partial charge in [0.1, 0.15) is 11.5 Å². The zero-order valence-electron chi connectivity index (χ0n) is 12.5. The highest BCUT2D eigenvalue weighted by Crippen LogP contribution is 2.41. The summed E-state index contributed by atoms with van der Waals surface area (Å²) in [7, 11) is 1.68. The molecule has 1 aromatic carbocycles. The van der Waals surface area contributed by atoms with Crippen molar-refractivity contribution in [2.75, 3.05) is 7.11 Å². The number of aryl methyl sites for hydroxylation is 1. The number of hydrogen-bond donors (Lipinski definition) is 0. The van der Waals surface area contributed by atoms with E-state index in [4.69, 9.17) is 4.74 Å². The first-order valence-corrected chi connectivity index (χ1v) is 8.08. The van der Waals surface area contributed by atoms with Gasteiger partial charge in [0.15, 0.2) is 0 Å². The van der Waals surface area contributed by atoms with E-state index < -0.39 is 0 Å². The van der Waals surface area contributed by atoms with Crippen LogP contribution in [0.5, 0.6) is 5.75 Å². The van der Waals surface area contributed by atoms with Crippen LogP contribution in [0.15, 0.2) is 22.7 Å². The van der Waals surface area contributed by atoms with E-state index in [1.54, 1.807) is 7.11 Å². The lowest BCUT2D eigenvalue weighted by Crippen LogP contribution is -2.35. The Bertz CT molecular complexity index is 494. The SMILES string of the molecule is COc1ccc(Br)c(CCC2C(=O)CCCC2(C)C)c1. The average Bonchev–Trinajstić information content (AvgIpc) is 2.39. The van der Waals surface area contributed by atoms with Crippen LogP contribution in [0.3, 0.4) is 0 Å². The van der Waals surface area contributed by atoms with E-state index in [-0.39, 0.29) is 11.3 Å². The number of rotatable bonds is 4. The second-order valence-electron chi connectivity index (χ2n) is 6.36. The first-order valence-electron chi connectivity index (χ1n) is 7.29. The molecule has 0 bridgehead atoms. The largest absolute Gasteiger partial charge is 0.497 e. The number of ether oxygens (including phenoxy) is 1. The number of Topliss-reactive ketones (excluding diaryl/α,β-unsaturated/α-hetero) is 1. The van der Waals surface area contributed by atoms with E-state index in [0.717, 1.165) is 42.3 Å². The summed E-state index contributed by atoms with van der Waals surface area (Å²) in [6.45, 7) is 4.46. The lowest BCUT2D eigenvalue weighted by molar-refractivity contribution is -0.129. The molecule has 1 fully saturated rings. The van der Waals surface area contributed by atoms with Gasteiger partial charge in [-0.25, -0.2) is 0 Å². The van der Waals surface area contributed by atoms with E-state index in [2.05, 4.69) is 35.8 Å². The summed E-state index contributed by atoms with van der Waals surface area (Å²) in [6, 6.07) is 6.02. The van der Waals surface area contributed by atoms with Crippen molar-refractivity contribution < 1.29 is 9.53 Å². The topological polar surface area (TPSA) is 26.3 Å². The van der Waals surface area contributed by atoms with E-state index in [0.29, 0.717) is 5.78 Å². The Morgan fingerprint density at radius 2 is 2.15 bits per heavy atom. The maximum Gasteiger partial charge on any atom is 0.136 e. The lowest BCUT2D eigenvalue weighted by Gasteiger charge is -2.37. The van der Waals surface area contributed by atoms with Gasteiger partial charge >= 0.3 is 0 Å². The molecule has 1 atom stereocenters. The van der Waals surface area contributed by atoms with E-state index >= 15 is 0 Å². The summed E-state index contributed by atoms with van der Waals surface area (Å²) in [5.74, 6) is 1.51. The Balaban J connectivity index is 2.09. The summed E-state index contributed by atoms with van der Waals surface area (Å²) >= 11 is 3.59. The van der Waals surface area contributed by atoms with Gasteiger partial charge in [0.05, 0.1) is 7.11 Å². The molecule has 1 aromatic rings. The van der Waals surface area contributed by atoms with Gasteiger partial charge in [-0.3, -0.25) is 4.79 Å². The predicted molar refractivity (Wildman–Crippen MR) is 85.1 cm³/mol. The van der Waals surface area contributed by atoms with Crippen LogP contribution in [0.2, 0.25) is 0 Å². The third kappa shape index (κ3) is 3.43. The van der Waals surface area contributed by atoms with Gasteiger partial charge in [0.2, 0.25) is 0 Å². The minimum Gasteiger partial charge on any atom is -0.497 e. The Hall–Kier alpha value is -0.830. The number of carbonyl (C=O) groups is 1. The molecule has 3 heteroatoms. The smallest absolute Gasteiger partial charge is 0.136 e. The second kappa shape index (κ2) is 6.30. The van der Waals surface area contributed by atoms with Gasteiger partial charge in [0.25, 0.3) is 0 Å². The fraction of sp³-hybridized carbons (Fsp3) is 0.588. The van der Waals surface area contributed by atoms with Crippen molar-refractivity contribution in [2.24, 2.45) is 11.3 Å². The number of ketones is 1. The van der Waals surface area contributed by atoms with Crippen LogP contribution in [0.4, 0.5) is 0 Å². The van der Waals surface area contributed by atoms with Gasteiger partial charge in [-0.2, -0.15) is 0 Å². The summed E-state index contributed by atoms with van der Waals surface area (Å²) < 4.78 is 6.37. The Morgan fingerprint density at radius 1 is 1.40 bits per heavy atom. The van der Waals surface area contributed by atoms with Crippen molar-refractivity contribution in [1.29, 1.82) is 0 Å². The van der Waals surface area contributed by atoms with Crippen molar-refractivity contribution in [3.8, 4) is 5.75 Å². The quantitative estimate of drug-likeness (QED) is 0.789. The summed E-state index contributed by atoms with van der Waals surface area (Å²) in [5, 5.41) is 0.